The highest BCUT2D eigenvalue weighted by Gasteiger charge is 2.21. The zero-order valence-corrected chi connectivity index (χ0v) is 10.6. The summed E-state index contributed by atoms with van der Waals surface area (Å²) < 4.78 is 1.21. The molecule has 1 N–H and O–H groups in total. The molecule has 0 radical (unpaired) electrons. The van der Waals surface area contributed by atoms with Crippen molar-refractivity contribution in [3.05, 3.63) is 29.3 Å². The molecule has 0 saturated heterocycles. The molecule has 1 atom stereocenters. The van der Waals surface area contributed by atoms with Crippen molar-refractivity contribution in [2.24, 2.45) is 0 Å². The van der Waals surface area contributed by atoms with Crippen molar-refractivity contribution < 1.29 is 0 Å². The molecular formula is C12H13IN2. The highest BCUT2D eigenvalue weighted by molar-refractivity contribution is 14.1. The normalized spacial score (nSPS) is 18.0. The summed E-state index contributed by atoms with van der Waals surface area (Å²) in [6.07, 6.45) is 2.47. The van der Waals surface area contributed by atoms with E-state index in [-0.39, 0.29) is 0 Å². The van der Waals surface area contributed by atoms with Crippen LogP contribution in [0, 0.1) is 11.3 Å². The molecule has 1 aromatic rings. The summed E-state index contributed by atoms with van der Waals surface area (Å²) in [5.74, 6) is 0.600. The molecular weight excluding hydrogens is 299 g/mol. The SMILES string of the molecule is N#Cc1ccc2c(c1)C(CCCI)CN2. The monoisotopic (exact) mass is 312 g/mol. The van der Waals surface area contributed by atoms with Gasteiger partial charge in [-0.15, -0.1) is 0 Å². The number of rotatable bonds is 3. The summed E-state index contributed by atoms with van der Waals surface area (Å²) in [6.45, 7) is 1.03. The fraction of sp³-hybridized carbons (Fsp3) is 0.417. The van der Waals surface area contributed by atoms with Crippen LogP contribution in [-0.2, 0) is 0 Å². The molecule has 1 aliphatic rings. The van der Waals surface area contributed by atoms with Crippen molar-refractivity contribution in [1.29, 1.82) is 5.26 Å². The van der Waals surface area contributed by atoms with Crippen LogP contribution in [0.2, 0.25) is 0 Å². The van der Waals surface area contributed by atoms with Crippen LogP contribution in [0.4, 0.5) is 5.69 Å². The number of alkyl halides is 1. The van der Waals surface area contributed by atoms with Crippen LogP contribution >= 0.6 is 22.6 Å². The Morgan fingerprint density at radius 3 is 3.13 bits per heavy atom. The Labute approximate surface area is 104 Å². The van der Waals surface area contributed by atoms with E-state index in [2.05, 4.69) is 34.0 Å². The summed E-state index contributed by atoms with van der Waals surface area (Å²) in [7, 11) is 0. The second kappa shape index (κ2) is 4.84. The van der Waals surface area contributed by atoms with Gasteiger partial charge in [-0.25, -0.2) is 0 Å². The van der Waals surface area contributed by atoms with Gasteiger partial charge in [0.25, 0.3) is 0 Å². The minimum atomic E-state index is 0.600. The molecule has 78 valence electrons. The van der Waals surface area contributed by atoms with E-state index in [0.29, 0.717) is 5.92 Å². The van der Waals surface area contributed by atoms with Gasteiger partial charge in [-0.2, -0.15) is 5.26 Å². The van der Waals surface area contributed by atoms with Crippen LogP contribution in [0.15, 0.2) is 18.2 Å². The largest absolute Gasteiger partial charge is 0.384 e. The molecule has 0 saturated carbocycles. The summed E-state index contributed by atoms with van der Waals surface area (Å²) in [5.41, 5.74) is 3.32. The molecule has 0 bridgehead atoms. The zero-order valence-electron chi connectivity index (χ0n) is 8.46. The molecule has 0 amide bonds. The number of benzene rings is 1. The summed E-state index contributed by atoms with van der Waals surface area (Å²) in [4.78, 5) is 0. The lowest BCUT2D eigenvalue weighted by Crippen LogP contribution is -2.01. The van der Waals surface area contributed by atoms with Crippen molar-refractivity contribution in [3.63, 3.8) is 0 Å². The Morgan fingerprint density at radius 1 is 1.53 bits per heavy atom. The zero-order chi connectivity index (χ0) is 10.7. The second-order valence-electron chi connectivity index (χ2n) is 3.82. The molecule has 2 nitrogen and oxygen atoms in total. The van der Waals surface area contributed by atoms with Gasteiger partial charge < -0.3 is 5.32 Å². The van der Waals surface area contributed by atoms with Gasteiger partial charge in [0.15, 0.2) is 0 Å². The summed E-state index contributed by atoms with van der Waals surface area (Å²) in [6, 6.07) is 8.15. The van der Waals surface area contributed by atoms with E-state index < -0.39 is 0 Å². The summed E-state index contributed by atoms with van der Waals surface area (Å²) in [5, 5.41) is 12.3. The van der Waals surface area contributed by atoms with E-state index in [4.69, 9.17) is 5.26 Å². The molecule has 1 heterocycles. The van der Waals surface area contributed by atoms with Crippen LogP contribution < -0.4 is 5.32 Å². The Kier molecular flexibility index (Phi) is 3.47. The Balaban J connectivity index is 2.21. The van der Waals surface area contributed by atoms with Crippen molar-refractivity contribution >= 4 is 28.3 Å². The molecule has 0 spiro atoms. The maximum Gasteiger partial charge on any atom is 0.0991 e. The van der Waals surface area contributed by atoms with Crippen LogP contribution in [0.5, 0.6) is 0 Å². The third kappa shape index (κ3) is 2.25. The van der Waals surface area contributed by atoms with Gasteiger partial charge in [0.2, 0.25) is 0 Å². The number of anilines is 1. The van der Waals surface area contributed by atoms with Crippen LogP contribution in [-0.4, -0.2) is 11.0 Å². The van der Waals surface area contributed by atoms with Crippen LogP contribution in [0.25, 0.3) is 0 Å². The van der Waals surface area contributed by atoms with Crippen molar-refractivity contribution in [2.75, 3.05) is 16.3 Å². The fourth-order valence-electron chi connectivity index (χ4n) is 2.06. The lowest BCUT2D eigenvalue weighted by molar-refractivity contribution is 0.668. The number of fused-ring (bicyclic) bond motifs is 1. The van der Waals surface area contributed by atoms with E-state index in [1.807, 2.05) is 18.2 Å². The minimum absolute atomic E-state index is 0.600. The van der Waals surface area contributed by atoms with E-state index >= 15 is 0 Å². The van der Waals surface area contributed by atoms with Crippen molar-refractivity contribution in [2.45, 2.75) is 18.8 Å². The lowest BCUT2D eigenvalue weighted by Gasteiger charge is -2.08. The van der Waals surface area contributed by atoms with Gasteiger partial charge >= 0.3 is 0 Å². The van der Waals surface area contributed by atoms with Crippen molar-refractivity contribution in [1.82, 2.24) is 0 Å². The van der Waals surface area contributed by atoms with Crippen LogP contribution in [0.3, 0.4) is 0 Å². The average Bonchev–Trinajstić information content (AvgIpc) is 2.68. The molecule has 0 aromatic heterocycles. The van der Waals surface area contributed by atoms with Gasteiger partial charge in [-0.1, -0.05) is 22.6 Å². The quantitative estimate of drug-likeness (QED) is 0.687. The topological polar surface area (TPSA) is 35.8 Å². The Hall–Kier alpha value is -0.760. The Bertz CT molecular complexity index is 395. The van der Waals surface area contributed by atoms with Gasteiger partial charge in [0, 0.05) is 18.2 Å². The third-order valence-electron chi connectivity index (χ3n) is 2.85. The number of halogens is 1. The maximum atomic E-state index is 8.86. The minimum Gasteiger partial charge on any atom is -0.384 e. The summed E-state index contributed by atoms with van der Waals surface area (Å²) >= 11 is 2.41. The number of hydrogen-bond acceptors (Lipinski definition) is 2. The van der Waals surface area contributed by atoms with E-state index in [0.717, 1.165) is 12.1 Å². The molecule has 2 rings (SSSR count). The van der Waals surface area contributed by atoms with E-state index in [9.17, 15) is 0 Å². The predicted octanol–water partition coefficient (Wildman–Crippen LogP) is 3.28. The molecule has 0 aliphatic carbocycles. The average molecular weight is 312 g/mol. The van der Waals surface area contributed by atoms with Gasteiger partial charge in [-0.3, -0.25) is 0 Å². The van der Waals surface area contributed by atoms with Gasteiger partial charge in [-0.05, 0) is 41.0 Å². The van der Waals surface area contributed by atoms with Crippen molar-refractivity contribution in [3.8, 4) is 6.07 Å². The van der Waals surface area contributed by atoms with Gasteiger partial charge in [0.1, 0.15) is 0 Å². The van der Waals surface area contributed by atoms with E-state index in [1.165, 1.54) is 28.5 Å². The number of hydrogen-bond donors (Lipinski definition) is 1. The number of nitriles is 1. The highest BCUT2D eigenvalue weighted by atomic mass is 127. The van der Waals surface area contributed by atoms with Crippen LogP contribution in [0.1, 0.15) is 29.9 Å². The predicted molar refractivity (Wildman–Crippen MR) is 70.5 cm³/mol. The van der Waals surface area contributed by atoms with E-state index in [1.54, 1.807) is 0 Å². The molecule has 1 aromatic carbocycles. The first kappa shape index (κ1) is 10.7. The Morgan fingerprint density at radius 2 is 2.40 bits per heavy atom. The standard InChI is InChI=1S/C12H13IN2/c13-5-1-2-10-8-15-12-4-3-9(7-14)6-11(10)12/h3-4,6,10,15H,1-2,5,8H2. The smallest absolute Gasteiger partial charge is 0.0991 e. The number of nitrogens with one attached hydrogen (secondary N) is 1. The molecule has 0 fully saturated rings. The molecule has 15 heavy (non-hydrogen) atoms. The maximum absolute atomic E-state index is 8.86. The molecule has 1 unspecified atom stereocenters. The first-order chi connectivity index (χ1) is 7.35. The highest BCUT2D eigenvalue weighted by Crippen LogP contribution is 2.34. The lowest BCUT2D eigenvalue weighted by atomic mass is 9.95. The molecule has 3 heteroatoms. The molecule has 1 aliphatic heterocycles. The third-order valence-corrected chi connectivity index (χ3v) is 3.61. The van der Waals surface area contributed by atoms with Gasteiger partial charge in [0.05, 0.1) is 11.6 Å². The first-order valence-electron chi connectivity index (χ1n) is 5.19. The first-order valence-corrected chi connectivity index (χ1v) is 6.71. The number of nitrogens with zero attached hydrogens (tertiary/aromatic N) is 1. The second-order valence-corrected chi connectivity index (χ2v) is 4.90. The fourth-order valence-corrected chi connectivity index (χ4v) is 2.50.